The molecule has 0 aromatic heterocycles. The molecule has 130 valence electrons. The lowest BCUT2D eigenvalue weighted by Crippen LogP contribution is -2.20. The molecule has 4 N–H and O–H groups in total. The first-order valence-electron chi connectivity index (χ1n) is 7.33. The first-order chi connectivity index (χ1) is 12.0. The smallest absolute Gasteiger partial charge is 0.314 e. The minimum Gasteiger partial charge on any atom is -0.508 e. The zero-order valence-electron chi connectivity index (χ0n) is 13.1. The monoisotopic (exact) mass is 376 g/mol. The third-order valence-corrected chi connectivity index (χ3v) is 5.70. The van der Waals surface area contributed by atoms with Gasteiger partial charge in [0.2, 0.25) is 0 Å². The van der Waals surface area contributed by atoms with E-state index in [0.29, 0.717) is 0 Å². The SMILES string of the molecule is O=[PH](O)O.Oc1ccc(O)c(P(c2ccccc2)c2ccccc2)c1. The van der Waals surface area contributed by atoms with Crippen LogP contribution in [0, 0.1) is 0 Å². The normalized spacial score (nSPS) is 10.4. The van der Waals surface area contributed by atoms with Crippen LogP contribution in [0.15, 0.2) is 78.9 Å². The van der Waals surface area contributed by atoms with Crippen molar-refractivity contribution in [1.29, 1.82) is 0 Å². The standard InChI is InChI=1S/C18H15O2P.H3O3P/c19-14-11-12-17(20)18(13-14)21(15-7-3-1-4-8-15)16-9-5-2-6-10-16;1-4(2)3/h1-13,19-20H;4H,(H2,1,2,3). The molecular weight excluding hydrogens is 358 g/mol. The molecule has 3 aromatic carbocycles. The van der Waals surface area contributed by atoms with E-state index in [1.807, 2.05) is 36.4 Å². The lowest BCUT2D eigenvalue weighted by molar-refractivity contribution is 0.405. The number of hydrogen-bond acceptors (Lipinski definition) is 3. The highest BCUT2D eigenvalue weighted by molar-refractivity contribution is 7.80. The summed E-state index contributed by atoms with van der Waals surface area (Å²) in [4.78, 5) is 14.3. The van der Waals surface area contributed by atoms with E-state index in [-0.39, 0.29) is 11.5 Å². The molecule has 0 bridgehead atoms. The maximum Gasteiger partial charge on any atom is 0.314 e. The summed E-state index contributed by atoms with van der Waals surface area (Å²) in [6, 6.07) is 24.9. The summed E-state index contributed by atoms with van der Waals surface area (Å²) in [6.07, 6.45) is 0. The predicted molar refractivity (Wildman–Crippen MR) is 102 cm³/mol. The maximum atomic E-state index is 10.2. The molecule has 0 heterocycles. The van der Waals surface area contributed by atoms with Crippen molar-refractivity contribution in [2.24, 2.45) is 0 Å². The zero-order chi connectivity index (χ0) is 18.2. The summed E-state index contributed by atoms with van der Waals surface area (Å²) >= 11 is 0. The van der Waals surface area contributed by atoms with Gasteiger partial charge in [0, 0.05) is 5.30 Å². The number of benzene rings is 3. The Morgan fingerprint density at radius 3 is 1.60 bits per heavy atom. The molecule has 0 unspecified atom stereocenters. The molecule has 0 radical (unpaired) electrons. The Morgan fingerprint density at radius 2 is 1.16 bits per heavy atom. The van der Waals surface area contributed by atoms with Crippen LogP contribution in [0.3, 0.4) is 0 Å². The van der Waals surface area contributed by atoms with E-state index < -0.39 is 16.2 Å². The van der Waals surface area contributed by atoms with Gasteiger partial charge in [-0.1, -0.05) is 60.7 Å². The van der Waals surface area contributed by atoms with Crippen LogP contribution in [-0.2, 0) is 4.57 Å². The van der Waals surface area contributed by atoms with Gasteiger partial charge in [0.25, 0.3) is 0 Å². The summed E-state index contributed by atoms with van der Waals surface area (Å²) in [5, 5.41) is 23.1. The van der Waals surface area contributed by atoms with E-state index in [9.17, 15) is 10.2 Å². The number of rotatable bonds is 3. The quantitative estimate of drug-likeness (QED) is 0.415. The van der Waals surface area contributed by atoms with Crippen LogP contribution >= 0.6 is 16.2 Å². The van der Waals surface area contributed by atoms with Crippen molar-refractivity contribution in [3.8, 4) is 11.5 Å². The van der Waals surface area contributed by atoms with Gasteiger partial charge in [-0.2, -0.15) is 0 Å². The van der Waals surface area contributed by atoms with Crippen LogP contribution in [0.1, 0.15) is 0 Å². The Hall–Kier alpha value is -2.16. The van der Waals surface area contributed by atoms with Gasteiger partial charge in [-0.15, -0.1) is 0 Å². The molecule has 0 atom stereocenters. The first kappa shape index (κ1) is 19.2. The van der Waals surface area contributed by atoms with Gasteiger partial charge < -0.3 is 20.0 Å². The fourth-order valence-corrected chi connectivity index (χ4v) is 4.63. The highest BCUT2D eigenvalue weighted by atomic mass is 31.1. The topological polar surface area (TPSA) is 98.0 Å². The van der Waals surface area contributed by atoms with Gasteiger partial charge in [-0.3, -0.25) is 4.57 Å². The molecule has 3 rings (SSSR count). The highest BCUT2D eigenvalue weighted by Crippen LogP contribution is 2.37. The van der Waals surface area contributed by atoms with Gasteiger partial charge in [0.1, 0.15) is 11.5 Å². The van der Waals surface area contributed by atoms with Crippen LogP contribution in [-0.4, -0.2) is 20.0 Å². The van der Waals surface area contributed by atoms with Gasteiger partial charge in [0.05, 0.1) is 0 Å². The van der Waals surface area contributed by atoms with Gasteiger partial charge in [-0.05, 0) is 36.7 Å². The molecule has 0 aliphatic rings. The summed E-state index contributed by atoms with van der Waals surface area (Å²) in [7, 11) is -4.02. The van der Waals surface area contributed by atoms with E-state index >= 15 is 0 Å². The molecule has 25 heavy (non-hydrogen) atoms. The molecule has 0 aliphatic heterocycles. The molecule has 0 amide bonds. The van der Waals surface area contributed by atoms with Crippen molar-refractivity contribution in [3.05, 3.63) is 78.9 Å². The van der Waals surface area contributed by atoms with Crippen LogP contribution in [0.5, 0.6) is 11.5 Å². The summed E-state index contributed by atoms with van der Waals surface area (Å²) in [5.41, 5.74) is 0. The maximum absolute atomic E-state index is 10.2. The predicted octanol–water partition coefficient (Wildman–Crippen LogP) is 2.22. The Labute approximate surface area is 147 Å². The van der Waals surface area contributed by atoms with Gasteiger partial charge in [-0.25, -0.2) is 0 Å². The molecule has 0 aliphatic carbocycles. The van der Waals surface area contributed by atoms with Crippen molar-refractivity contribution < 1.29 is 24.6 Å². The summed E-state index contributed by atoms with van der Waals surface area (Å²) in [5.74, 6) is 0.383. The average molecular weight is 376 g/mol. The van der Waals surface area contributed by atoms with E-state index in [1.165, 1.54) is 6.07 Å². The second-order valence-electron chi connectivity index (χ2n) is 4.96. The van der Waals surface area contributed by atoms with Crippen LogP contribution in [0.2, 0.25) is 0 Å². The average Bonchev–Trinajstić information content (AvgIpc) is 2.60. The van der Waals surface area contributed by atoms with Crippen LogP contribution < -0.4 is 15.9 Å². The molecule has 3 aromatic rings. The van der Waals surface area contributed by atoms with E-state index in [0.717, 1.165) is 15.9 Å². The lowest BCUT2D eigenvalue weighted by Gasteiger charge is -2.20. The zero-order valence-corrected chi connectivity index (χ0v) is 15.0. The van der Waals surface area contributed by atoms with Gasteiger partial charge in [0.15, 0.2) is 0 Å². The van der Waals surface area contributed by atoms with E-state index in [2.05, 4.69) is 24.3 Å². The van der Waals surface area contributed by atoms with Crippen LogP contribution in [0.25, 0.3) is 0 Å². The van der Waals surface area contributed by atoms with Crippen molar-refractivity contribution in [2.45, 2.75) is 0 Å². The molecule has 5 nitrogen and oxygen atoms in total. The number of phenolic OH excluding ortho intramolecular Hbond substituents is 2. The largest absolute Gasteiger partial charge is 0.508 e. The number of aromatic hydroxyl groups is 2. The molecule has 7 heteroatoms. The highest BCUT2D eigenvalue weighted by Gasteiger charge is 2.19. The Kier molecular flexibility index (Phi) is 7.17. The van der Waals surface area contributed by atoms with Crippen LogP contribution in [0.4, 0.5) is 0 Å². The van der Waals surface area contributed by atoms with Crippen molar-refractivity contribution in [2.75, 3.05) is 0 Å². The number of phenols is 2. The fraction of sp³-hybridized carbons (Fsp3) is 0. The lowest BCUT2D eigenvalue weighted by atomic mass is 10.3. The molecule has 0 saturated heterocycles. The molecule has 0 fully saturated rings. The molecular formula is C18H18O5P2. The minimum atomic E-state index is -3.13. The minimum absolute atomic E-state index is 0.169. The first-order valence-corrected chi connectivity index (χ1v) is 9.97. The second-order valence-corrected chi connectivity index (χ2v) is 7.71. The fourth-order valence-electron chi connectivity index (χ4n) is 2.27. The number of hydrogen-bond donors (Lipinski definition) is 4. The van der Waals surface area contributed by atoms with Gasteiger partial charge >= 0.3 is 8.25 Å². The summed E-state index contributed by atoms with van der Waals surface area (Å²) < 4.78 is 8.74. The van der Waals surface area contributed by atoms with Crippen molar-refractivity contribution in [3.63, 3.8) is 0 Å². The van der Waals surface area contributed by atoms with Crippen molar-refractivity contribution in [1.82, 2.24) is 0 Å². The Bertz CT molecular complexity index is 782. The second kappa shape index (κ2) is 9.36. The van der Waals surface area contributed by atoms with Crippen molar-refractivity contribution >= 4 is 32.1 Å². The molecule has 0 spiro atoms. The summed E-state index contributed by atoms with van der Waals surface area (Å²) in [6.45, 7) is 0. The molecule has 0 saturated carbocycles. The Balaban J connectivity index is 0.000000511. The Morgan fingerprint density at radius 1 is 0.720 bits per heavy atom. The van der Waals surface area contributed by atoms with E-state index in [1.54, 1.807) is 12.1 Å². The third kappa shape index (κ3) is 5.70. The van der Waals surface area contributed by atoms with E-state index in [4.69, 9.17) is 14.4 Å². The third-order valence-electron chi connectivity index (χ3n) is 3.23.